The van der Waals surface area contributed by atoms with Gasteiger partial charge in [-0.1, -0.05) is 6.07 Å². The van der Waals surface area contributed by atoms with Gasteiger partial charge in [-0.2, -0.15) is 5.10 Å². The first-order chi connectivity index (χ1) is 10.1. The van der Waals surface area contributed by atoms with Crippen LogP contribution in [0, 0.1) is 0 Å². The number of hydrogen-bond donors (Lipinski definition) is 1. The molecule has 0 unspecified atom stereocenters. The Labute approximate surface area is 121 Å². The van der Waals surface area contributed by atoms with Gasteiger partial charge in [-0.05, 0) is 18.2 Å². The Morgan fingerprint density at radius 3 is 2.81 bits per heavy atom. The molecule has 106 valence electrons. The van der Waals surface area contributed by atoms with Gasteiger partial charge < -0.3 is 10.6 Å². The van der Waals surface area contributed by atoms with E-state index in [1.165, 1.54) is 4.90 Å². The molecule has 2 N–H and O–H groups in total. The molecule has 0 bridgehead atoms. The summed E-state index contributed by atoms with van der Waals surface area (Å²) < 4.78 is 1.62. The highest BCUT2D eigenvalue weighted by Crippen LogP contribution is 2.26. The monoisotopic (exact) mass is 281 g/mol. The van der Waals surface area contributed by atoms with Gasteiger partial charge >= 0.3 is 0 Å². The van der Waals surface area contributed by atoms with E-state index in [4.69, 9.17) is 5.73 Å². The Kier molecular flexibility index (Phi) is 3.06. The number of anilines is 1. The highest BCUT2D eigenvalue weighted by Gasteiger charge is 2.13. The van der Waals surface area contributed by atoms with Gasteiger partial charge in [0.15, 0.2) is 5.69 Å². The Morgan fingerprint density at radius 1 is 1.24 bits per heavy atom. The van der Waals surface area contributed by atoms with Crippen LogP contribution in [0.1, 0.15) is 10.5 Å². The topological polar surface area (TPSA) is 77.0 Å². The number of aromatic nitrogens is 3. The molecule has 0 atom stereocenters. The average molecular weight is 281 g/mol. The summed E-state index contributed by atoms with van der Waals surface area (Å²) in [5.74, 6) is -0.141. The van der Waals surface area contributed by atoms with E-state index < -0.39 is 0 Å². The van der Waals surface area contributed by atoms with Crippen molar-refractivity contribution in [1.29, 1.82) is 0 Å². The maximum atomic E-state index is 11.9. The first kappa shape index (κ1) is 13.1. The lowest BCUT2D eigenvalue weighted by atomic mass is 10.1. The van der Waals surface area contributed by atoms with Gasteiger partial charge in [0, 0.05) is 43.5 Å². The predicted molar refractivity (Wildman–Crippen MR) is 81.3 cm³/mol. The first-order valence-electron chi connectivity index (χ1n) is 6.48. The SMILES string of the molecule is CN(C)C(=O)c1ccn(-c2ccc3cnccc3c2N)n1. The smallest absolute Gasteiger partial charge is 0.273 e. The molecule has 6 heteroatoms. The number of nitrogens with zero attached hydrogens (tertiary/aromatic N) is 4. The zero-order valence-corrected chi connectivity index (χ0v) is 11.8. The number of fused-ring (bicyclic) bond motifs is 1. The van der Waals surface area contributed by atoms with Gasteiger partial charge in [-0.3, -0.25) is 9.78 Å². The second kappa shape index (κ2) is 4.90. The molecule has 2 aromatic heterocycles. The van der Waals surface area contributed by atoms with Crippen molar-refractivity contribution >= 4 is 22.4 Å². The Morgan fingerprint density at radius 2 is 2.05 bits per heavy atom. The summed E-state index contributed by atoms with van der Waals surface area (Å²) in [4.78, 5) is 17.5. The molecule has 2 heterocycles. The summed E-state index contributed by atoms with van der Waals surface area (Å²) in [6.45, 7) is 0. The van der Waals surface area contributed by atoms with Crippen molar-refractivity contribution in [1.82, 2.24) is 19.7 Å². The Balaban J connectivity index is 2.09. The molecule has 6 nitrogen and oxygen atoms in total. The number of carbonyl (C=O) groups excluding carboxylic acids is 1. The van der Waals surface area contributed by atoms with Crippen LogP contribution in [0.3, 0.4) is 0 Å². The second-order valence-corrected chi connectivity index (χ2v) is 4.94. The Hall–Kier alpha value is -2.89. The third-order valence-corrected chi connectivity index (χ3v) is 3.30. The molecule has 1 aromatic carbocycles. The molecule has 21 heavy (non-hydrogen) atoms. The van der Waals surface area contributed by atoms with Crippen LogP contribution in [0.2, 0.25) is 0 Å². The lowest BCUT2D eigenvalue weighted by molar-refractivity contribution is 0.0821. The summed E-state index contributed by atoms with van der Waals surface area (Å²) in [6.07, 6.45) is 5.20. The largest absolute Gasteiger partial charge is 0.396 e. The average Bonchev–Trinajstić information content (AvgIpc) is 2.96. The number of benzene rings is 1. The lowest BCUT2D eigenvalue weighted by Gasteiger charge is -2.09. The van der Waals surface area contributed by atoms with Gasteiger partial charge in [0.1, 0.15) is 0 Å². The molecule has 0 saturated heterocycles. The van der Waals surface area contributed by atoms with Gasteiger partial charge in [0.2, 0.25) is 0 Å². The van der Waals surface area contributed by atoms with Crippen LogP contribution in [0.5, 0.6) is 0 Å². The van der Waals surface area contributed by atoms with Crippen LogP contribution >= 0.6 is 0 Å². The second-order valence-electron chi connectivity index (χ2n) is 4.94. The molecule has 3 aromatic rings. The van der Waals surface area contributed by atoms with E-state index in [1.807, 2.05) is 18.2 Å². The molecule has 1 amide bonds. The van der Waals surface area contributed by atoms with Gasteiger partial charge in [-0.25, -0.2) is 4.68 Å². The van der Waals surface area contributed by atoms with Crippen LogP contribution in [-0.2, 0) is 0 Å². The zero-order valence-electron chi connectivity index (χ0n) is 11.8. The van der Waals surface area contributed by atoms with Gasteiger partial charge in [0.05, 0.1) is 11.4 Å². The molecule has 0 aliphatic rings. The fourth-order valence-electron chi connectivity index (χ4n) is 2.18. The number of rotatable bonds is 2. The molecule has 0 aliphatic heterocycles. The normalized spacial score (nSPS) is 10.8. The van der Waals surface area contributed by atoms with Crippen molar-refractivity contribution in [2.45, 2.75) is 0 Å². The molecular weight excluding hydrogens is 266 g/mol. The number of pyridine rings is 1. The van der Waals surface area contributed by atoms with Crippen molar-refractivity contribution in [3.63, 3.8) is 0 Å². The van der Waals surface area contributed by atoms with E-state index in [0.717, 1.165) is 16.5 Å². The van der Waals surface area contributed by atoms with Crippen LogP contribution in [-0.4, -0.2) is 39.7 Å². The third-order valence-electron chi connectivity index (χ3n) is 3.30. The molecule has 0 spiro atoms. The van der Waals surface area contributed by atoms with Crippen molar-refractivity contribution in [2.75, 3.05) is 19.8 Å². The summed E-state index contributed by atoms with van der Waals surface area (Å²) in [6, 6.07) is 7.35. The van der Waals surface area contributed by atoms with E-state index in [0.29, 0.717) is 11.4 Å². The zero-order chi connectivity index (χ0) is 15.0. The number of hydrogen-bond acceptors (Lipinski definition) is 4. The van der Waals surface area contributed by atoms with E-state index in [2.05, 4.69) is 10.1 Å². The summed E-state index contributed by atoms with van der Waals surface area (Å²) >= 11 is 0. The summed E-state index contributed by atoms with van der Waals surface area (Å²) in [7, 11) is 3.39. The van der Waals surface area contributed by atoms with Crippen molar-refractivity contribution in [3.8, 4) is 5.69 Å². The van der Waals surface area contributed by atoms with E-state index in [-0.39, 0.29) is 5.91 Å². The van der Waals surface area contributed by atoms with E-state index in [9.17, 15) is 4.79 Å². The van der Waals surface area contributed by atoms with Crippen LogP contribution in [0.25, 0.3) is 16.5 Å². The maximum Gasteiger partial charge on any atom is 0.273 e. The Bertz CT molecular complexity index is 822. The highest BCUT2D eigenvalue weighted by molar-refractivity contribution is 5.96. The van der Waals surface area contributed by atoms with Crippen molar-refractivity contribution in [3.05, 3.63) is 48.5 Å². The van der Waals surface area contributed by atoms with Crippen LogP contribution in [0.4, 0.5) is 5.69 Å². The molecule has 0 radical (unpaired) electrons. The highest BCUT2D eigenvalue weighted by atomic mass is 16.2. The lowest BCUT2D eigenvalue weighted by Crippen LogP contribution is -2.22. The molecule has 0 aliphatic carbocycles. The van der Waals surface area contributed by atoms with E-state index >= 15 is 0 Å². The number of amides is 1. The quantitative estimate of drug-likeness (QED) is 0.725. The molecule has 0 fully saturated rings. The third kappa shape index (κ3) is 2.20. The van der Waals surface area contributed by atoms with Crippen molar-refractivity contribution < 1.29 is 4.79 Å². The van der Waals surface area contributed by atoms with Crippen LogP contribution < -0.4 is 5.73 Å². The fraction of sp³-hybridized carbons (Fsp3) is 0.133. The summed E-state index contributed by atoms with van der Waals surface area (Å²) in [5.41, 5.74) is 7.95. The maximum absolute atomic E-state index is 11.9. The minimum atomic E-state index is -0.141. The van der Waals surface area contributed by atoms with Gasteiger partial charge in [0.25, 0.3) is 5.91 Å². The van der Waals surface area contributed by atoms with Crippen LogP contribution in [0.15, 0.2) is 42.9 Å². The predicted octanol–water partition coefficient (Wildman–Crippen LogP) is 1.70. The fourth-order valence-corrected chi connectivity index (χ4v) is 2.18. The standard InChI is InChI=1S/C15H15N5O/c1-19(2)15(21)12-6-8-20(18-12)13-4-3-10-9-17-7-5-11(10)14(13)16/h3-9H,16H2,1-2H3. The molecule has 3 rings (SSSR count). The molecular formula is C15H15N5O. The molecule has 0 saturated carbocycles. The number of nitrogens with two attached hydrogens (primary N) is 1. The first-order valence-corrected chi connectivity index (χ1v) is 6.48. The minimum absolute atomic E-state index is 0.141. The van der Waals surface area contributed by atoms with Crippen molar-refractivity contribution in [2.24, 2.45) is 0 Å². The van der Waals surface area contributed by atoms with E-state index in [1.54, 1.807) is 43.4 Å². The number of carbonyl (C=O) groups is 1. The summed E-state index contributed by atoms with van der Waals surface area (Å²) in [5, 5.41) is 6.18. The minimum Gasteiger partial charge on any atom is -0.396 e. The number of nitrogen functional groups attached to an aromatic ring is 1. The van der Waals surface area contributed by atoms with Gasteiger partial charge in [-0.15, -0.1) is 0 Å².